The predicted molar refractivity (Wildman–Crippen MR) is 59.6 cm³/mol. The molecule has 1 rings (SSSR count). The van der Waals surface area contributed by atoms with Crippen molar-refractivity contribution in [1.29, 1.82) is 0 Å². The summed E-state index contributed by atoms with van der Waals surface area (Å²) >= 11 is 6.34. The van der Waals surface area contributed by atoms with Crippen LogP contribution in [0.3, 0.4) is 0 Å². The molecule has 7 heteroatoms. The summed E-state index contributed by atoms with van der Waals surface area (Å²) in [6.07, 6.45) is 0.326. The van der Waals surface area contributed by atoms with Crippen LogP contribution in [0.25, 0.3) is 0 Å². The standard InChI is InChI=1S/C8H10ClNO3S2/c1-2-6(8(9)11)10-15(12,13)7-4-3-5-14-7/h3-6,10H,2H2,1H3. The van der Waals surface area contributed by atoms with Gasteiger partial charge in [-0.05, 0) is 29.5 Å². The lowest BCUT2D eigenvalue weighted by atomic mass is 10.3. The third kappa shape index (κ3) is 3.27. The van der Waals surface area contributed by atoms with Crippen molar-refractivity contribution in [2.75, 3.05) is 0 Å². The first-order valence-corrected chi connectivity index (χ1v) is 6.96. The maximum absolute atomic E-state index is 11.7. The van der Waals surface area contributed by atoms with Crippen molar-refractivity contribution in [2.24, 2.45) is 0 Å². The molecule has 0 saturated carbocycles. The van der Waals surface area contributed by atoms with Crippen LogP contribution < -0.4 is 4.72 Å². The summed E-state index contributed by atoms with van der Waals surface area (Å²) in [5, 5.41) is 0.954. The van der Waals surface area contributed by atoms with E-state index < -0.39 is 21.3 Å². The Labute approximate surface area is 97.3 Å². The Morgan fingerprint density at radius 3 is 2.73 bits per heavy atom. The van der Waals surface area contributed by atoms with Gasteiger partial charge in [-0.25, -0.2) is 8.42 Å². The number of halogens is 1. The van der Waals surface area contributed by atoms with Gasteiger partial charge in [0, 0.05) is 0 Å². The largest absolute Gasteiger partial charge is 0.279 e. The summed E-state index contributed by atoms with van der Waals surface area (Å²) in [6.45, 7) is 1.68. The molecule has 0 radical (unpaired) electrons. The highest BCUT2D eigenvalue weighted by atomic mass is 35.5. The van der Waals surface area contributed by atoms with Gasteiger partial charge in [-0.15, -0.1) is 11.3 Å². The molecule has 0 bridgehead atoms. The minimum absolute atomic E-state index is 0.180. The molecule has 0 aliphatic heterocycles. The van der Waals surface area contributed by atoms with Gasteiger partial charge >= 0.3 is 0 Å². The topological polar surface area (TPSA) is 63.2 Å². The van der Waals surface area contributed by atoms with Crippen LogP contribution in [-0.2, 0) is 14.8 Å². The Bertz CT molecular complexity index is 427. The summed E-state index contributed by atoms with van der Waals surface area (Å²) in [6, 6.07) is 2.24. The van der Waals surface area contributed by atoms with Gasteiger partial charge in [0.2, 0.25) is 5.24 Å². The molecule has 15 heavy (non-hydrogen) atoms. The average Bonchev–Trinajstić information content (AvgIpc) is 2.67. The van der Waals surface area contributed by atoms with E-state index in [0.717, 1.165) is 11.3 Å². The van der Waals surface area contributed by atoms with Gasteiger partial charge in [0.15, 0.2) is 0 Å². The number of rotatable bonds is 5. The van der Waals surface area contributed by atoms with E-state index >= 15 is 0 Å². The van der Waals surface area contributed by atoms with Crippen molar-refractivity contribution in [2.45, 2.75) is 23.6 Å². The van der Waals surface area contributed by atoms with E-state index in [1.54, 1.807) is 18.4 Å². The summed E-state index contributed by atoms with van der Waals surface area (Å²) in [4.78, 5) is 10.9. The highest BCUT2D eigenvalue weighted by molar-refractivity contribution is 7.91. The summed E-state index contributed by atoms with van der Waals surface area (Å²) in [5.41, 5.74) is 0. The second-order valence-corrected chi connectivity index (χ2v) is 6.08. The second-order valence-electron chi connectivity index (χ2n) is 2.82. The number of sulfonamides is 1. The average molecular weight is 268 g/mol. The van der Waals surface area contributed by atoms with Crippen molar-refractivity contribution >= 4 is 38.2 Å². The van der Waals surface area contributed by atoms with Gasteiger partial charge in [-0.1, -0.05) is 13.0 Å². The minimum atomic E-state index is -3.61. The van der Waals surface area contributed by atoms with Crippen LogP contribution in [0.2, 0.25) is 0 Å². The lowest BCUT2D eigenvalue weighted by molar-refractivity contribution is -0.113. The van der Waals surface area contributed by atoms with E-state index in [0.29, 0.717) is 6.42 Å². The third-order valence-corrected chi connectivity index (χ3v) is 4.87. The molecule has 0 fully saturated rings. The molecule has 4 nitrogen and oxygen atoms in total. The van der Waals surface area contributed by atoms with Crippen LogP contribution in [0.15, 0.2) is 21.7 Å². The van der Waals surface area contributed by atoms with E-state index in [1.165, 1.54) is 6.07 Å². The molecule has 0 aliphatic carbocycles. The van der Waals surface area contributed by atoms with Crippen LogP contribution in [0.1, 0.15) is 13.3 Å². The lowest BCUT2D eigenvalue weighted by Gasteiger charge is -2.11. The van der Waals surface area contributed by atoms with Crippen molar-refractivity contribution in [3.8, 4) is 0 Å². The van der Waals surface area contributed by atoms with E-state index in [4.69, 9.17) is 11.6 Å². The molecular formula is C8H10ClNO3S2. The van der Waals surface area contributed by atoms with Crippen LogP contribution in [-0.4, -0.2) is 19.7 Å². The Balaban J connectivity index is 2.86. The Morgan fingerprint density at radius 2 is 2.33 bits per heavy atom. The molecule has 1 aromatic rings. The van der Waals surface area contributed by atoms with E-state index in [1.807, 2.05) is 0 Å². The highest BCUT2D eigenvalue weighted by Crippen LogP contribution is 2.16. The normalized spacial score (nSPS) is 13.7. The van der Waals surface area contributed by atoms with Gasteiger partial charge < -0.3 is 0 Å². The molecule has 1 N–H and O–H groups in total. The molecule has 1 heterocycles. The summed E-state index contributed by atoms with van der Waals surface area (Å²) in [7, 11) is -3.61. The number of carbonyl (C=O) groups excluding carboxylic acids is 1. The van der Waals surface area contributed by atoms with Crippen LogP contribution >= 0.6 is 22.9 Å². The molecular weight excluding hydrogens is 258 g/mol. The first-order valence-electron chi connectivity index (χ1n) is 4.22. The van der Waals surface area contributed by atoms with E-state index in [-0.39, 0.29) is 4.21 Å². The van der Waals surface area contributed by atoms with Crippen LogP contribution in [0, 0.1) is 0 Å². The zero-order valence-electron chi connectivity index (χ0n) is 7.94. The SMILES string of the molecule is CCC(NS(=O)(=O)c1cccs1)C(=O)Cl. The van der Waals surface area contributed by atoms with Gasteiger partial charge in [-0.2, -0.15) is 4.72 Å². The summed E-state index contributed by atoms with van der Waals surface area (Å²) in [5.74, 6) is 0. The Morgan fingerprint density at radius 1 is 1.67 bits per heavy atom. The predicted octanol–water partition coefficient (Wildman–Crippen LogP) is 1.57. The van der Waals surface area contributed by atoms with Crippen molar-refractivity contribution in [3.05, 3.63) is 17.5 Å². The highest BCUT2D eigenvalue weighted by Gasteiger charge is 2.23. The fourth-order valence-corrected chi connectivity index (χ4v) is 3.51. The molecule has 1 aromatic heterocycles. The maximum Gasteiger partial charge on any atom is 0.250 e. The Hall–Kier alpha value is -0.430. The fraction of sp³-hybridized carbons (Fsp3) is 0.375. The number of carbonyl (C=O) groups is 1. The fourth-order valence-electron chi connectivity index (χ4n) is 0.952. The molecule has 0 aliphatic rings. The quantitative estimate of drug-likeness (QED) is 0.824. The molecule has 0 aromatic carbocycles. The third-order valence-electron chi connectivity index (χ3n) is 1.74. The lowest BCUT2D eigenvalue weighted by Crippen LogP contribution is -2.37. The summed E-state index contributed by atoms with van der Waals surface area (Å²) < 4.78 is 25.7. The van der Waals surface area contributed by atoms with Gasteiger partial charge in [0.1, 0.15) is 4.21 Å². The van der Waals surface area contributed by atoms with E-state index in [9.17, 15) is 13.2 Å². The zero-order chi connectivity index (χ0) is 11.5. The molecule has 1 atom stereocenters. The first-order chi connectivity index (χ1) is 6.97. The Kier molecular flexibility index (Phi) is 4.27. The molecule has 0 amide bonds. The number of hydrogen-bond donors (Lipinski definition) is 1. The van der Waals surface area contributed by atoms with Gasteiger partial charge in [0.25, 0.3) is 10.0 Å². The smallest absolute Gasteiger partial charge is 0.250 e. The second kappa shape index (κ2) is 5.07. The monoisotopic (exact) mass is 267 g/mol. The van der Waals surface area contributed by atoms with Crippen molar-refractivity contribution in [1.82, 2.24) is 4.72 Å². The number of thiophene rings is 1. The maximum atomic E-state index is 11.7. The number of hydrogen-bond acceptors (Lipinski definition) is 4. The first kappa shape index (κ1) is 12.6. The van der Waals surface area contributed by atoms with E-state index in [2.05, 4.69) is 4.72 Å². The van der Waals surface area contributed by atoms with Crippen LogP contribution in [0.4, 0.5) is 0 Å². The van der Waals surface area contributed by atoms with Crippen molar-refractivity contribution < 1.29 is 13.2 Å². The van der Waals surface area contributed by atoms with Crippen molar-refractivity contribution in [3.63, 3.8) is 0 Å². The zero-order valence-corrected chi connectivity index (χ0v) is 10.3. The number of nitrogens with one attached hydrogen (secondary N) is 1. The molecule has 1 unspecified atom stereocenters. The molecule has 0 spiro atoms. The van der Waals surface area contributed by atoms with Gasteiger partial charge in [-0.3, -0.25) is 4.79 Å². The van der Waals surface area contributed by atoms with Gasteiger partial charge in [0.05, 0.1) is 6.04 Å². The molecule has 0 saturated heterocycles. The van der Waals surface area contributed by atoms with Crippen LogP contribution in [0.5, 0.6) is 0 Å². The minimum Gasteiger partial charge on any atom is -0.279 e. The molecule has 84 valence electrons.